The van der Waals surface area contributed by atoms with E-state index in [0.717, 1.165) is 25.0 Å². The number of benzene rings is 1. The van der Waals surface area contributed by atoms with Crippen LogP contribution in [-0.2, 0) is 0 Å². The molecule has 5 heteroatoms. The zero-order valence-corrected chi connectivity index (χ0v) is 7.77. The third-order valence-electron chi connectivity index (χ3n) is 2.38. The highest BCUT2D eigenvalue weighted by Gasteiger charge is 2.31. The van der Waals surface area contributed by atoms with Gasteiger partial charge in [0.25, 0.3) is 0 Å². The Labute approximate surface area is 84.9 Å². The predicted octanol–water partition coefficient (Wildman–Crippen LogP) is 2.33. The number of hydrogen-bond acceptors (Lipinski definition) is 3. The standard InChI is InChI=1S/C10H8FNO3/c11-8-4-3-7(5-9(8)12(14)15)10(13)6-1-2-6/h3-6H,1-2H2. The van der Waals surface area contributed by atoms with E-state index in [4.69, 9.17) is 0 Å². The SMILES string of the molecule is O=C(c1ccc(F)c([N+](=O)[O-])c1)C1CC1. The minimum atomic E-state index is -0.910. The molecule has 2 rings (SSSR count). The maximum absolute atomic E-state index is 12.9. The first-order valence-corrected chi connectivity index (χ1v) is 4.58. The number of nitro benzene ring substituents is 1. The minimum absolute atomic E-state index is 0.0185. The van der Waals surface area contributed by atoms with E-state index in [1.54, 1.807) is 0 Å². The average molecular weight is 209 g/mol. The number of carbonyl (C=O) groups excluding carboxylic acids is 1. The van der Waals surface area contributed by atoms with Gasteiger partial charge in [-0.05, 0) is 25.0 Å². The van der Waals surface area contributed by atoms with E-state index in [9.17, 15) is 19.3 Å². The van der Waals surface area contributed by atoms with Gasteiger partial charge in [0.2, 0.25) is 5.82 Å². The number of Topliss-reactive ketones (excluding diaryl/α,β-unsaturated/α-hetero) is 1. The van der Waals surface area contributed by atoms with Crippen LogP contribution in [0.4, 0.5) is 10.1 Å². The number of rotatable bonds is 3. The second-order valence-corrected chi connectivity index (χ2v) is 3.56. The second-order valence-electron chi connectivity index (χ2n) is 3.56. The van der Waals surface area contributed by atoms with Crippen LogP contribution in [-0.4, -0.2) is 10.7 Å². The zero-order chi connectivity index (χ0) is 11.0. The summed E-state index contributed by atoms with van der Waals surface area (Å²) < 4.78 is 12.9. The van der Waals surface area contributed by atoms with Crippen LogP contribution in [0, 0.1) is 21.8 Å². The van der Waals surface area contributed by atoms with Gasteiger partial charge in [-0.2, -0.15) is 4.39 Å². The van der Waals surface area contributed by atoms with Crippen molar-refractivity contribution in [2.24, 2.45) is 5.92 Å². The summed E-state index contributed by atoms with van der Waals surface area (Å²) >= 11 is 0. The number of nitro groups is 1. The normalized spacial score (nSPS) is 15.0. The highest BCUT2D eigenvalue weighted by atomic mass is 19.1. The number of halogens is 1. The Balaban J connectivity index is 2.37. The van der Waals surface area contributed by atoms with Crippen LogP contribution < -0.4 is 0 Å². The summed E-state index contributed by atoms with van der Waals surface area (Å²) in [6.45, 7) is 0. The molecule has 0 N–H and O–H groups in total. The molecular weight excluding hydrogens is 201 g/mol. The highest BCUT2D eigenvalue weighted by Crippen LogP contribution is 2.33. The summed E-state index contributed by atoms with van der Waals surface area (Å²) in [5, 5.41) is 10.4. The summed E-state index contributed by atoms with van der Waals surface area (Å²) in [5.41, 5.74) is -0.410. The molecule has 4 nitrogen and oxygen atoms in total. The van der Waals surface area contributed by atoms with Crippen molar-refractivity contribution in [3.63, 3.8) is 0 Å². The molecule has 78 valence electrons. The molecule has 1 aromatic carbocycles. The van der Waals surface area contributed by atoms with Gasteiger partial charge < -0.3 is 0 Å². The molecule has 1 fully saturated rings. The fraction of sp³-hybridized carbons (Fsp3) is 0.300. The van der Waals surface area contributed by atoms with Crippen LogP contribution in [0.25, 0.3) is 0 Å². The smallest absolute Gasteiger partial charge is 0.294 e. The summed E-state index contributed by atoms with van der Waals surface area (Å²) in [5.74, 6) is -1.06. The van der Waals surface area contributed by atoms with Crippen molar-refractivity contribution in [3.05, 3.63) is 39.7 Å². The Bertz CT molecular complexity index is 440. The van der Waals surface area contributed by atoms with Crippen LogP contribution in [0.1, 0.15) is 23.2 Å². The Morgan fingerprint density at radius 2 is 2.13 bits per heavy atom. The van der Waals surface area contributed by atoms with E-state index >= 15 is 0 Å². The lowest BCUT2D eigenvalue weighted by atomic mass is 10.1. The molecule has 15 heavy (non-hydrogen) atoms. The maximum Gasteiger partial charge on any atom is 0.305 e. The lowest BCUT2D eigenvalue weighted by molar-refractivity contribution is -0.387. The van der Waals surface area contributed by atoms with Gasteiger partial charge in [-0.25, -0.2) is 0 Å². The Morgan fingerprint density at radius 3 is 2.67 bits per heavy atom. The van der Waals surface area contributed by atoms with Crippen LogP contribution in [0.2, 0.25) is 0 Å². The first kappa shape index (κ1) is 9.76. The molecule has 1 aliphatic rings. The number of carbonyl (C=O) groups is 1. The van der Waals surface area contributed by atoms with E-state index in [-0.39, 0.29) is 17.3 Å². The monoisotopic (exact) mass is 209 g/mol. The molecule has 0 heterocycles. The summed E-state index contributed by atoms with van der Waals surface area (Å²) in [6, 6.07) is 3.27. The lowest BCUT2D eigenvalue weighted by Gasteiger charge is -1.99. The zero-order valence-electron chi connectivity index (χ0n) is 7.77. The fourth-order valence-electron chi connectivity index (χ4n) is 1.39. The summed E-state index contributed by atoms with van der Waals surface area (Å²) in [7, 11) is 0. The van der Waals surface area contributed by atoms with E-state index in [1.807, 2.05) is 0 Å². The number of hydrogen-bond donors (Lipinski definition) is 0. The van der Waals surface area contributed by atoms with Crippen LogP contribution in [0.15, 0.2) is 18.2 Å². The lowest BCUT2D eigenvalue weighted by Crippen LogP contribution is -2.03. The van der Waals surface area contributed by atoms with Gasteiger partial charge in [-0.3, -0.25) is 14.9 Å². The van der Waals surface area contributed by atoms with Crippen molar-refractivity contribution in [2.75, 3.05) is 0 Å². The average Bonchev–Trinajstić information content (AvgIpc) is 3.00. The molecule has 0 amide bonds. The molecule has 0 spiro atoms. The van der Waals surface area contributed by atoms with Gasteiger partial charge in [0.15, 0.2) is 5.78 Å². The van der Waals surface area contributed by atoms with E-state index in [0.29, 0.717) is 0 Å². The minimum Gasteiger partial charge on any atom is -0.294 e. The second kappa shape index (κ2) is 3.42. The molecule has 0 aromatic heterocycles. The van der Waals surface area contributed by atoms with Gasteiger partial charge >= 0.3 is 5.69 Å². The molecule has 0 unspecified atom stereocenters. The van der Waals surface area contributed by atoms with Gasteiger partial charge in [0.1, 0.15) is 0 Å². The van der Waals surface area contributed by atoms with Crippen LogP contribution in [0.5, 0.6) is 0 Å². The maximum atomic E-state index is 12.9. The van der Waals surface area contributed by atoms with Gasteiger partial charge in [-0.15, -0.1) is 0 Å². The Morgan fingerprint density at radius 1 is 1.47 bits per heavy atom. The van der Waals surface area contributed by atoms with Crippen molar-refractivity contribution in [2.45, 2.75) is 12.8 Å². The van der Waals surface area contributed by atoms with Gasteiger partial charge in [-0.1, -0.05) is 0 Å². The van der Waals surface area contributed by atoms with Crippen molar-refractivity contribution in [1.82, 2.24) is 0 Å². The molecule has 1 saturated carbocycles. The van der Waals surface area contributed by atoms with Crippen molar-refractivity contribution in [3.8, 4) is 0 Å². The van der Waals surface area contributed by atoms with E-state index in [1.165, 1.54) is 6.07 Å². The Kier molecular flexibility index (Phi) is 2.22. The fourth-order valence-corrected chi connectivity index (χ4v) is 1.39. The number of nitrogens with zero attached hydrogens (tertiary/aromatic N) is 1. The Hall–Kier alpha value is -1.78. The largest absolute Gasteiger partial charge is 0.305 e. The first-order chi connectivity index (χ1) is 7.09. The van der Waals surface area contributed by atoms with Crippen molar-refractivity contribution < 1.29 is 14.1 Å². The predicted molar refractivity (Wildman–Crippen MR) is 50.1 cm³/mol. The quantitative estimate of drug-likeness (QED) is 0.436. The third kappa shape index (κ3) is 1.86. The van der Waals surface area contributed by atoms with Crippen molar-refractivity contribution in [1.29, 1.82) is 0 Å². The molecule has 0 atom stereocenters. The van der Waals surface area contributed by atoms with Gasteiger partial charge in [0, 0.05) is 17.5 Å². The topological polar surface area (TPSA) is 60.2 Å². The first-order valence-electron chi connectivity index (χ1n) is 4.58. The molecule has 0 bridgehead atoms. The third-order valence-corrected chi connectivity index (χ3v) is 2.38. The van der Waals surface area contributed by atoms with E-state index < -0.39 is 16.4 Å². The van der Waals surface area contributed by atoms with E-state index in [2.05, 4.69) is 0 Å². The molecule has 1 aromatic rings. The molecule has 0 saturated heterocycles. The molecular formula is C10H8FNO3. The summed E-state index contributed by atoms with van der Waals surface area (Å²) in [6.07, 6.45) is 1.65. The molecule has 1 aliphatic carbocycles. The van der Waals surface area contributed by atoms with Crippen LogP contribution >= 0.6 is 0 Å². The number of ketones is 1. The molecule has 0 radical (unpaired) electrons. The van der Waals surface area contributed by atoms with Crippen LogP contribution in [0.3, 0.4) is 0 Å². The van der Waals surface area contributed by atoms with Gasteiger partial charge in [0.05, 0.1) is 4.92 Å². The molecule has 0 aliphatic heterocycles. The highest BCUT2D eigenvalue weighted by molar-refractivity contribution is 5.99. The summed E-state index contributed by atoms with van der Waals surface area (Å²) in [4.78, 5) is 21.2. The van der Waals surface area contributed by atoms with Crippen molar-refractivity contribution >= 4 is 11.5 Å².